The summed E-state index contributed by atoms with van der Waals surface area (Å²) in [7, 11) is 0. The molecule has 0 bridgehead atoms. The zero-order chi connectivity index (χ0) is 14.7. The first-order valence-corrected chi connectivity index (χ1v) is 7.30. The summed E-state index contributed by atoms with van der Waals surface area (Å²) in [5, 5.41) is 10.1. The van der Waals surface area contributed by atoms with Gasteiger partial charge in [-0.3, -0.25) is 0 Å². The molecule has 0 saturated carbocycles. The van der Waals surface area contributed by atoms with Crippen LogP contribution in [0.1, 0.15) is 22.8 Å². The van der Waals surface area contributed by atoms with Crippen molar-refractivity contribution in [2.45, 2.75) is 24.8 Å². The summed E-state index contributed by atoms with van der Waals surface area (Å²) in [6.07, 6.45) is -1.17. The van der Waals surface area contributed by atoms with Crippen LogP contribution in [-0.2, 0) is 0 Å². The number of aliphatic hydroxyl groups excluding tert-OH is 1. The Morgan fingerprint density at radius 1 is 1.05 bits per heavy atom. The minimum absolute atomic E-state index is 0.210. The van der Waals surface area contributed by atoms with Gasteiger partial charge in [0.2, 0.25) is 0 Å². The monoisotopic (exact) mass is 294 g/mol. The van der Waals surface area contributed by atoms with Gasteiger partial charge in [0.1, 0.15) is 11.6 Å². The molecule has 1 atom stereocenters. The number of rotatable bonds is 4. The molecule has 0 aromatic heterocycles. The average Bonchev–Trinajstić information content (AvgIpc) is 2.42. The predicted octanol–water partition coefficient (Wildman–Crippen LogP) is 4.41. The van der Waals surface area contributed by atoms with Crippen LogP contribution in [0, 0.1) is 25.5 Å². The van der Waals surface area contributed by atoms with Gasteiger partial charge in [0, 0.05) is 10.6 Å². The number of benzene rings is 2. The molecule has 0 amide bonds. The molecule has 1 unspecified atom stereocenters. The van der Waals surface area contributed by atoms with Crippen LogP contribution in [0.4, 0.5) is 8.78 Å². The topological polar surface area (TPSA) is 20.2 Å². The molecule has 1 nitrogen and oxygen atoms in total. The van der Waals surface area contributed by atoms with Gasteiger partial charge in [-0.2, -0.15) is 0 Å². The van der Waals surface area contributed by atoms with Crippen molar-refractivity contribution >= 4 is 11.8 Å². The Morgan fingerprint density at radius 3 is 2.45 bits per heavy atom. The van der Waals surface area contributed by atoms with Gasteiger partial charge in [0.15, 0.2) is 0 Å². The van der Waals surface area contributed by atoms with E-state index in [2.05, 4.69) is 0 Å². The molecule has 0 saturated heterocycles. The Labute approximate surface area is 121 Å². The third-order valence-electron chi connectivity index (χ3n) is 3.14. The van der Waals surface area contributed by atoms with Gasteiger partial charge in [-0.05, 0) is 37.1 Å². The minimum Gasteiger partial charge on any atom is -0.387 e. The highest BCUT2D eigenvalue weighted by Crippen LogP contribution is 2.30. The summed E-state index contributed by atoms with van der Waals surface area (Å²) >= 11 is 1.39. The molecule has 0 aliphatic carbocycles. The molecule has 2 aromatic carbocycles. The summed E-state index contributed by atoms with van der Waals surface area (Å²) in [6, 6.07) is 10.3. The fourth-order valence-electron chi connectivity index (χ4n) is 1.95. The van der Waals surface area contributed by atoms with Crippen molar-refractivity contribution in [3.63, 3.8) is 0 Å². The SMILES string of the molecule is Cc1ccccc1SCC(O)c1c(F)ccc(C)c1F. The van der Waals surface area contributed by atoms with Crippen LogP contribution in [0.25, 0.3) is 0 Å². The summed E-state index contributed by atoms with van der Waals surface area (Å²) in [6.45, 7) is 3.52. The number of aryl methyl sites for hydroxylation is 2. The number of thioether (sulfide) groups is 1. The van der Waals surface area contributed by atoms with Crippen molar-refractivity contribution < 1.29 is 13.9 Å². The Morgan fingerprint density at radius 2 is 1.75 bits per heavy atom. The summed E-state index contributed by atoms with van der Waals surface area (Å²) in [5.41, 5.74) is 1.17. The molecule has 20 heavy (non-hydrogen) atoms. The molecular weight excluding hydrogens is 278 g/mol. The quantitative estimate of drug-likeness (QED) is 0.843. The molecule has 1 N–H and O–H groups in total. The van der Waals surface area contributed by atoms with Crippen LogP contribution in [0.5, 0.6) is 0 Å². The lowest BCUT2D eigenvalue weighted by molar-refractivity contribution is 0.193. The average molecular weight is 294 g/mol. The first-order valence-electron chi connectivity index (χ1n) is 6.31. The van der Waals surface area contributed by atoms with E-state index in [0.29, 0.717) is 5.56 Å². The Balaban J connectivity index is 2.15. The third-order valence-corrected chi connectivity index (χ3v) is 4.39. The van der Waals surface area contributed by atoms with Crippen molar-refractivity contribution in [3.8, 4) is 0 Å². The molecule has 0 aliphatic heterocycles. The molecule has 2 rings (SSSR count). The van der Waals surface area contributed by atoms with E-state index in [1.54, 1.807) is 6.92 Å². The van der Waals surface area contributed by atoms with E-state index in [0.717, 1.165) is 10.5 Å². The van der Waals surface area contributed by atoms with E-state index < -0.39 is 17.7 Å². The molecule has 4 heteroatoms. The van der Waals surface area contributed by atoms with Crippen molar-refractivity contribution in [2.24, 2.45) is 0 Å². The molecule has 0 radical (unpaired) electrons. The van der Waals surface area contributed by atoms with E-state index in [9.17, 15) is 13.9 Å². The Bertz CT molecular complexity index is 613. The number of halogens is 2. The maximum absolute atomic E-state index is 13.9. The van der Waals surface area contributed by atoms with Gasteiger partial charge >= 0.3 is 0 Å². The summed E-state index contributed by atoms with van der Waals surface area (Å²) < 4.78 is 27.6. The molecular formula is C16H16F2OS. The molecule has 0 aliphatic rings. The van der Waals surface area contributed by atoms with E-state index in [1.807, 2.05) is 31.2 Å². The maximum Gasteiger partial charge on any atom is 0.134 e. The summed E-state index contributed by atoms with van der Waals surface area (Å²) in [5.74, 6) is -1.16. The van der Waals surface area contributed by atoms with Gasteiger partial charge in [-0.25, -0.2) is 8.78 Å². The van der Waals surface area contributed by atoms with Gasteiger partial charge < -0.3 is 5.11 Å². The first kappa shape index (κ1) is 15.0. The van der Waals surface area contributed by atoms with E-state index >= 15 is 0 Å². The number of hydrogen-bond acceptors (Lipinski definition) is 2. The number of aliphatic hydroxyl groups is 1. The van der Waals surface area contributed by atoms with Crippen LogP contribution >= 0.6 is 11.8 Å². The third kappa shape index (κ3) is 3.19. The van der Waals surface area contributed by atoms with E-state index in [1.165, 1.54) is 23.9 Å². The van der Waals surface area contributed by atoms with Crippen LogP contribution in [0.2, 0.25) is 0 Å². The highest BCUT2D eigenvalue weighted by Gasteiger charge is 2.19. The summed E-state index contributed by atoms with van der Waals surface area (Å²) in [4.78, 5) is 1.00. The standard InChI is InChI=1S/C16H16F2OS/c1-10-5-3-4-6-14(10)20-9-13(19)15-12(17)8-7-11(2)16(15)18/h3-8,13,19H,9H2,1-2H3. The van der Waals surface area contributed by atoms with Gasteiger partial charge in [-0.1, -0.05) is 24.3 Å². The lowest BCUT2D eigenvalue weighted by Gasteiger charge is -2.14. The van der Waals surface area contributed by atoms with Crippen LogP contribution in [0.3, 0.4) is 0 Å². The molecule has 2 aromatic rings. The van der Waals surface area contributed by atoms with Crippen LogP contribution < -0.4 is 0 Å². The normalized spacial score (nSPS) is 12.4. The minimum atomic E-state index is -1.17. The van der Waals surface area contributed by atoms with Crippen LogP contribution in [-0.4, -0.2) is 10.9 Å². The second-order valence-corrected chi connectivity index (χ2v) is 5.75. The van der Waals surface area contributed by atoms with Crippen molar-refractivity contribution in [1.29, 1.82) is 0 Å². The van der Waals surface area contributed by atoms with Crippen LogP contribution in [0.15, 0.2) is 41.3 Å². The maximum atomic E-state index is 13.9. The largest absolute Gasteiger partial charge is 0.387 e. The van der Waals surface area contributed by atoms with Crippen molar-refractivity contribution in [2.75, 3.05) is 5.75 Å². The molecule has 0 heterocycles. The van der Waals surface area contributed by atoms with Gasteiger partial charge in [0.25, 0.3) is 0 Å². The van der Waals surface area contributed by atoms with E-state index in [4.69, 9.17) is 0 Å². The second kappa shape index (κ2) is 6.37. The number of hydrogen-bond donors (Lipinski definition) is 1. The highest BCUT2D eigenvalue weighted by atomic mass is 32.2. The van der Waals surface area contributed by atoms with Crippen molar-refractivity contribution in [1.82, 2.24) is 0 Å². The van der Waals surface area contributed by atoms with Gasteiger partial charge in [0.05, 0.1) is 11.7 Å². The lowest BCUT2D eigenvalue weighted by atomic mass is 10.1. The molecule has 106 valence electrons. The predicted molar refractivity (Wildman–Crippen MR) is 78.0 cm³/mol. The first-order chi connectivity index (χ1) is 9.50. The Hall–Kier alpha value is -1.39. The molecule has 0 fully saturated rings. The van der Waals surface area contributed by atoms with Crippen molar-refractivity contribution in [3.05, 3.63) is 64.7 Å². The zero-order valence-electron chi connectivity index (χ0n) is 11.4. The Kier molecular flexibility index (Phi) is 4.78. The fourth-order valence-corrected chi connectivity index (χ4v) is 2.93. The van der Waals surface area contributed by atoms with Gasteiger partial charge in [-0.15, -0.1) is 11.8 Å². The van der Waals surface area contributed by atoms with E-state index in [-0.39, 0.29) is 11.3 Å². The fraction of sp³-hybridized carbons (Fsp3) is 0.250. The second-order valence-electron chi connectivity index (χ2n) is 4.68. The molecule has 0 spiro atoms. The lowest BCUT2D eigenvalue weighted by Crippen LogP contribution is -2.08. The zero-order valence-corrected chi connectivity index (χ0v) is 12.2. The highest BCUT2D eigenvalue weighted by molar-refractivity contribution is 7.99. The smallest absolute Gasteiger partial charge is 0.134 e.